The second-order valence-corrected chi connectivity index (χ2v) is 8.00. The zero-order valence-electron chi connectivity index (χ0n) is 13.8. The van der Waals surface area contributed by atoms with Crippen molar-refractivity contribution in [1.82, 2.24) is 9.55 Å². The summed E-state index contributed by atoms with van der Waals surface area (Å²) in [6.45, 7) is 1.97. The maximum absolute atomic E-state index is 12.4. The van der Waals surface area contributed by atoms with E-state index in [2.05, 4.69) is 20.9 Å². The summed E-state index contributed by atoms with van der Waals surface area (Å²) in [4.78, 5) is 16.5. The highest BCUT2D eigenvalue weighted by molar-refractivity contribution is 9.10. The summed E-state index contributed by atoms with van der Waals surface area (Å²) in [7, 11) is -4.07. The number of aromatic nitrogens is 2. The molecule has 8 heteroatoms. The molecule has 6 nitrogen and oxygen atoms in total. The fourth-order valence-corrected chi connectivity index (χ4v) is 3.50. The molecule has 0 atom stereocenters. The Bertz CT molecular complexity index is 1080. The van der Waals surface area contributed by atoms with Crippen LogP contribution in [-0.4, -0.2) is 18.0 Å². The van der Waals surface area contributed by atoms with Crippen molar-refractivity contribution in [3.8, 4) is 5.88 Å². The smallest absolute Gasteiger partial charge is 0.340 e. The van der Waals surface area contributed by atoms with Gasteiger partial charge in [0.2, 0.25) is 5.88 Å². The molecule has 1 aromatic heterocycles. The minimum absolute atomic E-state index is 0.0198. The summed E-state index contributed by atoms with van der Waals surface area (Å²) in [5.74, 6) is 0.113. The number of halogens is 1. The van der Waals surface area contributed by atoms with Crippen LogP contribution in [-0.2, 0) is 16.7 Å². The third kappa shape index (κ3) is 4.20. The average molecular weight is 435 g/mol. The lowest BCUT2D eigenvalue weighted by Gasteiger charge is -2.11. The summed E-state index contributed by atoms with van der Waals surface area (Å²) in [6, 6.07) is 16.5. The predicted octanol–water partition coefficient (Wildman–Crippen LogP) is 3.13. The normalized spacial score (nSPS) is 11.3. The van der Waals surface area contributed by atoms with E-state index in [0.29, 0.717) is 12.4 Å². The Morgan fingerprint density at radius 3 is 2.35 bits per heavy atom. The molecule has 26 heavy (non-hydrogen) atoms. The zero-order valence-corrected chi connectivity index (χ0v) is 16.2. The van der Waals surface area contributed by atoms with Gasteiger partial charge in [0, 0.05) is 4.47 Å². The van der Waals surface area contributed by atoms with Crippen molar-refractivity contribution in [2.75, 3.05) is 0 Å². The largest absolute Gasteiger partial charge is 0.358 e. The fourth-order valence-electron chi connectivity index (χ4n) is 2.36. The Morgan fingerprint density at radius 1 is 1.08 bits per heavy atom. The first kappa shape index (κ1) is 18.3. The zero-order chi connectivity index (χ0) is 18.7. The molecule has 0 amide bonds. The first-order valence-corrected chi connectivity index (χ1v) is 9.88. The Morgan fingerprint density at radius 2 is 1.73 bits per heavy atom. The monoisotopic (exact) mass is 434 g/mol. The molecule has 2 aromatic carbocycles. The highest BCUT2D eigenvalue weighted by Gasteiger charge is 2.18. The van der Waals surface area contributed by atoms with Gasteiger partial charge in [-0.2, -0.15) is 13.4 Å². The molecule has 0 fully saturated rings. The highest BCUT2D eigenvalue weighted by atomic mass is 79.9. The highest BCUT2D eigenvalue weighted by Crippen LogP contribution is 2.18. The summed E-state index contributed by atoms with van der Waals surface area (Å²) in [6.07, 6.45) is 0. The van der Waals surface area contributed by atoms with Crippen molar-refractivity contribution in [1.29, 1.82) is 0 Å². The van der Waals surface area contributed by atoms with Crippen molar-refractivity contribution in [3.05, 3.63) is 86.9 Å². The molecule has 3 rings (SSSR count). The third-order valence-corrected chi connectivity index (χ3v) is 5.42. The maximum Gasteiger partial charge on any atom is 0.340 e. The average Bonchev–Trinajstić information content (AvgIpc) is 2.59. The number of hydrogen-bond donors (Lipinski definition) is 0. The van der Waals surface area contributed by atoms with Crippen LogP contribution in [0.4, 0.5) is 0 Å². The van der Waals surface area contributed by atoms with Crippen LogP contribution in [0.2, 0.25) is 0 Å². The molecule has 0 bridgehead atoms. The van der Waals surface area contributed by atoms with Crippen molar-refractivity contribution in [3.63, 3.8) is 0 Å². The molecule has 0 unspecified atom stereocenters. The van der Waals surface area contributed by atoms with Crippen LogP contribution in [0, 0.1) is 6.92 Å². The van der Waals surface area contributed by atoms with Crippen molar-refractivity contribution in [2.24, 2.45) is 0 Å². The van der Waals surface area contributed by atoms with E-state index >= 15 is 0 Å². The van der Waals surface area contributed by atoms with Gasteiger partial charge in [0.1, 0.15) is 10.7 Å². The van der Waals surface area contributed by atoms with E-state index in [4.69, 9.17) is 4.18 Å². The Balaban J connectivity index is 1.88. The van der Waals surface area contributed by atoms with E-state index in [9.17, 15) is 13.2 Å². The number of rotatable bonds is 5. The molecule has 0 saturated heterocycles. The lowest BCUT2D eigenvalue weighted by Crippen LogP contribution is -2.24. The Labute approximate surface area is 159 Å². The minimum atomic E-state index is -4.07. The van der Waals surface area contributed by atoms with Crippen LogP contribution < -0.4 is 9.74 Å². The molecule has 0 aliphatic carbocycles. The van der Waals surface area contributed by atoms with Crippen molar-refractivity contribution in [2.45, 2.75) is 18.4 Å². The van der Waals surface area contributed by atoms with Gasteiger partial charge in [-0.15, -0.1) is 0 Å². The van der Waals surface area contributed by atoms with E-state index in [0.717, 1.165) is 16.1 Å². The number of hydrogen-bond acceptors (Lipinski definition) is 5. The van der Waals surface area contributed by atoms with Crippen LogP contribution in [0.25, 0.3) is 0 Å². The first-order chi connectivity index (χ1) is 12.3. The number of benzene rings is 2. The van der Waals surface area contributed by atoms with Crippen LogP contribution in [0.5, 0.6) is 5.88 Å². The summed E-state index contributed by atoms with van der Waals surface area (Å²) in [5.41, 5.74) is 0.554. The van der Waals surface area contributed by atoms with Gasteiger partial charge in [0.25, 0.3) is 5.56 Å². The van der Waals surface area contributed by atoms with Crippen LogP contribution in [0.15, 0.2) is 74.8 Å². The third-order valence-electron chi connectivity index (χ3n) is 3.66. The molecule has 3 aromatic rings. The Kier molecular flexibility index (Phi) is 5.24. The lowest BCUT2D eigenvalue weighted by atomic mass is 10.2. The van der Waals surface area contributed by atoms with Gasteiger partial charge in [-0.05, 0) is 36.8 Å². The molecule has 0 N–H and O–H groups in total. The maximum atomic E-state index is 12.4. The quantitative estimate of drug-likeness (QED) is 0.576. The standard InChI is InChI=1S/C18H15BrN2O4S/c1-13-20-17(25-26(23,24)16-9-7-15(19)8-10-16)11-18(22)21(13)12-14-5-3-2-4-6-14/h2-11H,12H2,1H3. The minimum Gasteiger partial charge on any atom is -0.358 e. The SMILES string of the molecule is Cc1nc(OS(=O)(=O)c2ccc(Br)cc2)cc(=O)n1Cc1ccccc1. The van der Waals surface area contributed by atoms with Gasteiger partial charge in [-0.1, -0.05) is 46.3 Å². The Hall–Kier alpha value is -2.45. The molecule has 0 radical (unpaired) electrons. The van der Waals surface area contributed by atoms with E-state index in [1.807, 2.05) is 30.3 Å². The molecule has 134 valence electrons. The van der Waals surface area contributed by atoms with Gasteiger partial charge >= 0.3 is 10.1 Å². The van der Waals surface area contributed by atoms with Gasteiger partial charge in [-0.25, -0.2) is 0 Å². The molecule has 0 aliphatic heterocycles. The predicted molar refractivity (Wildman–Crippen MR) is 101 cm³/mol. The van der Waals surface area contributed by atoms with E-state index in [1.165, 1.54) is 16.7 Å². The van der Waals surface area contributed by atoms with Gasteiger partial charge in [-0.3, -0.25) is 9.36 Å². The molecule has 1 heterocycles. The van der Waals surface area contributed by atoms with Gasteiger partial charge in [0.05, 0.1) is 12.6 Å². The summed E-state index contributed by atoms with van der Waals surface area (Å²) < 4.78 is 31.9. The lowest BCUT2D eigenvalue weighted by molar-refractivity contribution is 0.470. The van der Waals surface area contributed by atoms with Crippen LogP contribution >= 0.6 is 15.9 Å². The van der Waals surface area contributed by atoms with E-state index in [1.54, 1.807) is 19.1 Å². The van der Waals surface area contributed by atoms with Crippen LogP contribution in [0.1, 0.15) is 11.4 Å². The summed E-state index contributed by atoms with van der Waals surface area (Å²) in [5, 5.41) is 0. The summed E-state index contributed by atoms with van der Waals surface area (Å²) >= 11 is 3.24. The first-order valence-electron chi connectivity index (χ1n) is 7.67. The molecule has 0 spiro atoms. The second-order valence-electron chi connectivity index (χ2n) is 5.54. The molecular formula is C18H15BrN2O4S. The van der Waals surface area contributed by atoms with Gasteiger partial charge in [0.15, 0.2) is 0 Å². The van der Waals surface area contributed by atoms with Crippen LogP contribution in [0.3, 0.4) is 0 Å². The van der Waals surface area contributed by atoms with Crippen molar-refractivity contribution < 1.29 is 12.6 Å². The number of aryl methyl sites for hydroxylation is 1. The number of nitrogens with zero attached hydrogens (tertiary/aromatic N) is 2. The van der Waals surface area contributed by atoms with Gasteiger partial charge < -0.3 is 4.18 Å². The molecule has 0 aliphatic rings. The van der Waals surface area contributed by atoms with E-state index < -0.39 is 10.1 Å². The molecule has 0 saturated carbocycles. The fraction of sp³-hybridized carbons (Fsp3) is 0.111. The van der Waals surface area contributed by atoms with E-state index in [-0.39, 0.29) is 16.3 Å². The molecular weight excluding hydrogens is 420 g/mol. The second kappa shape index (κ2) is 7.43. The topological polar surface area (TPSA) is 78.3 Å². The van der Waals surface area contributed by atoms with Crippen molar-refractivity contribution >= 4 is 26.0 Å².